The maximum absolute atomic E-state index is 11.8. The minimum Gasteiger partial charge on any atom is -0.383 e. The summed E-state index contributed by atoms with van der Waals surface area (Å²) in [5.74, 6) is 0.0800. The van der Waals surface area contributed by atoms with Crippen LogP contribution in [0.4, 0.5) is 5.69 Å². The average Bonchev–Trinajstić information content (AvgIpc) is 2.49. The first kappa shape index (κ1) is 15.8. The molecule has 0 radical (unpaired) electrons. The lowest BCUT2D eigenvalue weighted by atomic mass is 10.1. The highest BCUT2D eigenvalue weighted by Crippen LogP contribution is 2.20. The van der Waals surface area contributed by atoms with Crippen LogP contribution in [0.15, 0.2) is 24.3 Å². The summed E-state index contributed by atoms with van der Waals surface area (Å²) < 4.78 is 4.92. The second-order valence-electron chi connectivity index (χ2n) is 5.39. The first-order chi connectivity index (χ1) is 10.2. The normalized spacial score (nSPS) is 16.0. The van der Waals surface area contributed by atoms with Gasteiger partial charge in [-0.1, -0.05) is 18.2 Å². The molecule has 0 spiro atoms. The van der Waals surface area contributed by atoms with Gasteiger partial charge < -0.3 is 15.0 Å². The summed E-state index contributed by atoms with van der Waals surface area (Å²) in [4.78, 5) is 16.4. The molecule has 116 valence electrons. The fraction of sp³-hybridized carbons (Fsp3) is 0.562. The molecule has 0 aromatic heterocycles. The number of hydrogen-bond acceptors (Lipinski definition) is 4. The van der Waals surface area contributed by atoms with Crippen molar-refractivity contribution in [2.24, 2.45) is 0 Å². The summed E-state index contributed by atoms with van der Waals surface area (Å²) in [6.45, 7) is 7.55. The van der Waals surface area contributed by atoms with Crippen molar-refractivity contribution in [1.82, 2.24) is 10.2 Å². The third kappa shape index (κ3) is 4.72. The highest BCUT2D eigenvalue weighted by atomic mass is 16.5. The Bertz CT molecular complexity index is 457. The number of carbonyl (C=O) groups is 1. The van der Waals surface area contributed by atoms with Crippen LogP contribution < -0.4 is 10.2 Å². The van der Waals surface area contributed by atoms with Crippen LogP contribution >= 0.6 is 0 Å². The van der Waals surface area contributed by atoms with Crippen molar-refractivity contribution in [3.8, 4) is 0 Å². The standard InChI is InChI=1S/C16H25N3O2/c1-14-5-3-4-6-15(14)19-10-8-18(9-11-19)13-16(20)17-7-12-21-2/h3-6H,7-13H2,1-2H3,(H,17,20). The molecule has 1 aromatic rings. The van der Waals surface area contributed by atoms with E-state index in [1.165, 1.54) is 11.3 Å². The lowest BCUT2D eigenvalue weighted by Gasteiger charge is -2.36. The van der Waals surface area contributed by atoms with E-state index in [1.54, 1.807) is 7.11 Å². The van der Waals surface area contributed by atoms with Gasteiger partial charge in [0.25, 0.3) is 0 Å². The molecule has 5 nitrogen and oxygen atoms in total. The molecule has 5 heteroatoms. The number of nitrogens with one attached hydrogen (secondary N) is 1. The monoisotopic (exact) mass is 291 g/mol. The van der Waals surface area contributed by atoms with Crippen LogP contribution in [0.5, 0.6) is 0 Å². The number of piperazine rings is 1. The van der Waals surface area contributed by atoms with Gasteiger partial charge in [0.1, 0.15) is 0 Å². The first-order valence-electron chi connectivity index (χ1n) is 7.49. The predicted octanol–water partition coefficient (Wildman–Crippen LogP) is 0.880. The summed E-state index contributed by atoms with van der Waals surface area (Å²) in [7, 11) is 1.64. The van der Waals surface area contributed by atoms with E-state index in [4.69, 9.17) is 4.74 Å². The van der Waals surface area contributed by atoms with E-state index >= 15 is 0 Å². The summed E-state index contributed by atoms with van der Waals surface area (Å²) in [5.41, 5.74) is 2.62. The summed E-state index contributed by atoms with van der Waals surface area (Å²) in [6.07, 6.45) is 0. The molecule has 1 aliphatic heterocycles. The highest BCUT2D eigenvalue weighted by Gasteiger charge is 2.19. The molecule has 0 unspecified atom stereocenters. The number of amides is 1. The van der Waals surface area contributed by atoms with Crippen molar-refractivity contribution in [1.29, 1.82) is 0 Å². The molecule has 21 heavy (non-hydrogen) atoms. The van der Waals surface area contributed by atoms with E-state index in [-0.39, 0.29) is 5.91 Å². The zero-order chi connectivity index (χ0) is 15.1. The van der Waals surface area contributed by atoms with Gasteiger partial charge in [-0.25, -0.2) is 0 Å². The fourth-order valence-corrected chi connectivity index (χ4v) is 2.62. The number of benzene rings is 1. The topological polar surface area (TPSA) is 44.8 Å². The predicted molar refractivity (Wildman–Crippen MR) is 84.7 cm³/mol. The number of aryl methyl sites for hydroxylation is 1. The number of anilines is 1. The average molecular weight is 291 g/mol. The van der Waals surface area contributed by atoms with Crippen LogP contribution in [-0.2, 0) is 9.53 Å². The molecule has 1 heterocycles. The Labute approximate surface area is 126 Å². The number of ether oxygens (including phenoxy) is 1. The Morgan fingerprint density at radius 1 is 1.24 bits per heavy atom. The van der Waals surface area contributed by atoms with Crippen LogP contribution in [0.3, 0.4) is 0 Å². The Balaban J connectivity index is 1.76. The Hall–Kier alpha value is -1.59. The van der Waals surface area contributed by atoms with Crippen LogP contribution in [0.2, 0.25) is 0 Å². The van der Waals surface area contributed by atoms with Crippen molar-refractivity contribution in [2.45, 2.75) is 6.92 Å². The van der Waals surface area contributed by atoms with Gasteiger partial charge in [-0.3, -0.25) is 9.69 Å². The minimum atomic E-state index is 0.0800. The molecule has 0 bridgehead atoms. The molecule has 1 saturated heterocycles. The Morgan fingerprint density at radius 3 is 2.62 bits per heavy atom. The van der Waals surface area contributed by atoms with Gasteiger partial charge in [0.05, 0.1) is 13.2 Å². The molecular weight excluding hydrogens is 266 g/mol. The number of nitrogens with zero attached hydrogens (tertiary/aromatic N) is 2. The molecule has 2 rings (SSSR count). The quantitative estimate of drug-likeness (QED) is 0.790. The molecule has 1 N–H and O–H groups in total. The molecule has 1 amide bonds. The molecule has 0 saturated carbocycles. The van der Waals surface area contributed by atoms with Crippen LogP contribution in [0.25, 0.3) is 0 Å². The summed E-state index contributed by atoms with van der Waals surface area (Å²) in [5, 5.41) is 2.86. The van der Waals surface area contributed by atoms with Gasteiger partial charge in [0, 0.05) is 45.5 Å². The summed E-state index contributed by atoms with van der Waals surface area (Å²) >= 11 is 0. The van der Waals surface area contributed by atoms with Crippen LogP contribution in [0, 0.1) is 6.92 Å². The van der Waals surface area contributed by atoms with Crippen molar-refractivity contribution in [3.63, 3.8) is 0 Å². The van der Waals surface area contributed by atoms with E-state index in [0.29, 0.717) is 19.7 Å². The van der Waals surface area contributed by atoms with Crippen molar-refractivity contribution in [3.05, 3.63) is 29.8 Å². The van der Waals surface area contributed by atoms with Crippen molar-refractivity contribution >= 4 is 11.6 Å². The van der Waals surface area contributed by atoms with Crippen molar-refractivity contribution in [2.75, 3.05) is 57.9 Å². The maximum atomic E-state index is 11.8. The van der Waals surface area contributed by atoms with Gasteiger partial charge in [-0.15, -0.1) is 0 Å². The number of hydrogen-bond donors (Lipinski definition) is 1. The SMILES string of the molecule is COCCNC(=O)CN1CCN(c2ccccc2C)CC1. The fourth-order valence-electron chi connectivity index (χ4n) is 2.62. The molecule has 0 aliphatic carbocycles. The van der Waals surface area contributed by atoms with Crippen LogP contribution in [0.1, 0.15) is 5.56 Å². The first-order valence-corrected chi connectivity index (χ1v) is 7.49. The Kier molecular flexibility index (Phi) is 6.02. The van der Waals surface area contributed by atoms with Gasteiger partial charge in [-0.2, -0.15) is 0 Å². The van der Waals surface area contributed by atoms with Gasteiger partial charge in [-0.05, 0) is 18.6 Å². The molecule has 1 fully saturated rings. The highest BCUT2D eigenvalue weighted by molar-refractivity contribution is 5.78. The van der Waals surface area contributed by atoms with Crippen LogP contribution in [-0.4, -0.2) is 63.8 Å². The van der Waals surface area contributed by atoms with E-state index in [0.717, 1.165) is 26.2 Å². The second-order valence-corrected chi connectivity index (χ2v) is 5.39. The third-order valence-electron chi connectivity index (χ3n) is 3.82. The largest absolute Gasteiger partial charge is 0.383 e. The number of methoxy groups -OCH3 is 1. The van der Waals surface area contributed by atoms with Gasteiger partial charge in [0.15, 0.2) is 0 Å². The molecule has 1 aliphatic rings. The maximum Gasteiger partial charge on any atom is 0.234 e. The number of carbonyl (C=O) groups excluding carboxylic acids is 1. The van der Waals surface area contributed by atoms with Gasteiger partial charge in [0.2, 0.25) is 5.91 Å². The zero-order valence-electron chi connectivity index (χ0n) is 13.0. The minimum absolute atomic E-state index is 0.0800. The summed E-state index contributed by atoms with van der Waals surface area (Å²) in [6, 6.07) is 8.46. The number of para-hydroxylation sites is 1. The van der Waals surface area contributed by atoms with E-state index in [9.17, 15) is 4.79 Å². The lowest BCUT2D eigenvalue weighted by molar-refractivity contribution is -0.122. The molecular formula is C16H25N3O2. The molecule has 0 atom stereocenters. The smallest absolute Gasteiger partial charge is 0.234 e. The van der Waals surface area contributed by atoms with E-state index in [2.05, 4.69) is 46.3 Å². The van der Waals surface area contributed by atoms with Gasteiger partial charge >= 0.3 is 0 Å². The number of rotatable bonds is 6. The van der Waals surface area contributed by atoms with E-state index < -0.39 is 0 Å². The second kappa shape index (κ2) is 8.00. The zero-order valence-corrected chi connectivity index (χ0v) is 13.0. The third-order valence-corrected chi connectivity index (χ3v) is 3.82. The van der Waals surface area contributed by atoms with E-state index in [1.807, 2.05) is 0 Å². The lowest BCUT2D eigenvalue weighted by Crippen LogP contribution is -2.49. The Morgan fingerprint density at radius 2 is 1.95 bits per heavy atom. The molecule has 1 aromatic carbocycles. The van der Waals surface area contributed by atoms with Crippen molar-refractivity contribution < 1.29 is 9.53 Å².